The molecular weight excluding hydrogens is 256 g/mol. The minimum atomic E-state index is 0.833. The summed E-state index contributed by atoms with van der Waals surface area (Å²) in [6, 6.07) is 15.4. The normalized spacial score (nSPS) is 11.1. The number of unbranched alkanes of at least 4 members (excludes halogenated alkanes) is 1. The van der Waals surface area contributed by atoms with Gasteiger partial charge in [0.1, 0.15) is 0 Å². The van der Waals surface area contributed by atoms with Gasteiger partial charge >= 0.3 is 0 Å². The van der Waals surface area contributed by atoms with E-state index in [2.05, 4.69) is 66.1 Å². The van der Waals surface area contributed by atoms with Crippen molar-refractivity contribution in [1.82, 2.24) is 9.78 Å². The zero-order valence-corrected chi connectivity index (χ0v) is 12.8. The van der Waals surface area contributed by atoms with E-state index in [4.69, 9.17) is 0 Å². The summed E-state index contributed by atoms with van der Waals surface area (Å²) in [6.45, 7) is 5.20. The number of rotatable bonds is 5. The van der Waals surface area contributed by atoms with Gasteiger partial charge < -0.3 is 0 Å². The fraction of sp³-hybridized carbons (Fsp3) is 0.316. The van der Waals surface area contributed by atoms with Crippen LogP contribution >= 0.6 is 0 Å². The standard InChI is InChI=1S/C19H22N2/c1-3-4-7-16-9-10-19-18(12-16)13-20-21(19)14-17-8-5-6-15(2)11-17/h5-6,8-13H,3-4,7,14H2,1-2H3. The Morgan fingerprint density at radius 3 is 2.76 bits per heavy atom. The summed E-state index contributed by atoms with van der Waals surface area (Å²) < 4.78 is 2.09. The van der Waals surface area contributed by atoms with Crippen molar-refractivity contribution < 1.29 is 0 Å². The Bertz CT molecular complexity index is 740. The van der Waals surface area contributed by atoms with Gasteiger partial charge in [0.2, 0.25) is 0 Å². The van der Waals surface area contributed by atoms with E-state index >= 15 is 0 Å². The van der Waals surface area contributed by atoms with Crippen LogP contribution in [0.15, 0.2) is 48.7 Å². The molecule has 0 atom stereocenters. The van der Waals surface area contributed by atoms with Gasteiger partial charge in [-0.05, 0) is 43.0 Å². The third-order valence-corrected chi connectivity index (χ3v) is 3.94. The van der Waals surface area contributed by atoms with Crippen molar-refractivity contribution in [3.05, 3.63) is 65.4 Å². The van der Waals surface area contributed by atoms with Crippen molar-refractivity contribution in [3.8, 4) is 0 Å². The molecule has 0 aliphatic carbocycles. The summed E-state index contributed by atoms with van der Waals surface area (Å²) in [4.78, 5) is 0. The Balaban J connectivity index is 1.86. The van der Waals surface area contributed by atoms with Crippen LogP contribution < -0.4 is 0 Å². The highest BCUT2D eigenvalue weighted by Gasteiger charge is 2.04. The molecule has 3 rings (SSSR count). The van der Waals surface area contributed by atoms with Crippen LogP contribution in [0.3, 0.4) is 0 Å². The second kappa shape index (κ2) is 6.13. The number of benzene rings is 2. The molecule has 0 spiro atoms. The van der Waals surface area contributed by atoms with E-state index in [1.54, 1.807) is 0 Å². The quantitative estimate of drug-likeness (QED) is 0.659. The highest BCUT2D eigenvalue weighted by Crippen LogP contribution is 2.18. The van der Waals surface area contributed by atoms with Gasteiger partial charge in [-0.2, -0.15) is 5.10 Å². The number of nitrogens with zero attached hydrogens (tertiary/aromatic N) is 2. The Hall–Kier alpha value is -2.09. The lowest BCUT2D eigenvalue weighted by molar-refractivity contribution is 0.711. The number of aryl methyl sites for hydroxylation is 2. The smallest absolute Gasteiger partial charge is 0.0686 e. The maximum Gasteiger partial charge on any atom is 0.0686 e. The molecule has 0 bridgehead atoms. The average molecular weight is 278 g/mol. The Labute approximate surface area is 126 Å². The molecule has 3 aromatic rings. The number of fused-ring (bicyclic) bond motifs is 1. The molecule has 2 aromatic carbocycles. The molecule has 21 heavy (non-hydrogen) atoms. The zero-order chi connectivity index (χ0) is 14.7. The lowest BCUT2D eigenvalue weighted by atomic mass is 10.1. The van der Waals surface area contributed by atoms with Gasteiger partial charge in [-0.3, -0.25) is 4.68 Å². The van der Waals surface area contributed by atoms with E-state index in [9.17, 15) is 0 Å². The Morgan fingerprint density at radius 2 is 1.95 bits per heavy atom. The van der Waals surface area contributed by atoms with Gasteiger partial charge in [-0.1, -0.05) is 49.2 Å². The lowest BCUT2D eigenvalue weighted by Gasteiger charge is -2.06. The van der Waals surface area contributed by atoms with Crippen LogP contribution in [0.1, 0.15) is 36.5 Å². The first-order valence-corrected chi connectivity index (χ1v) is 7.76. The zero-order valence-electron chi connectivity index (χ0n) is 12.8. The van der Waals surface area contributed by atoms with Crippen LogP contribution in [0.25, 0.3) is 10.9 Å². The van der Waals surface area contributed by atoms with Crippen LogP contribution in [-0.4, -0.2) is 9.78 Å². The third kappa shape index (κ3) is 3.15. The molecule has 1 aromatic heterocycles. The maximum atomic E-state index is 4.56. The van der Waals surface area contributed by atoms with Gasteiger partial charge in [-0.25, -0.2) is 0 Å². The summed E-state index contributed by atoms with van der Waals surface area (Å²) in [5.74, 6) is 0. The first-order chi connectivity index (χ1) is 10.3. The van der Waals surface area contributed by atoms with Crippen molar-refractivity contribution in [2.45, 2.75) is 39.7 Å². The summed E-state index contributed by atoms with van der Waals surface area (Å²) in [5, 5.41) is 5.80. The van der Waals surface area contributed by atoms with Gasteiger partial charge in [0.05, 0.1) is 18.3 Å². The largest absolute Gasteiger partial charge is 0.260 e. The highest BCUT2D eigenvalue weighted by molar-refractivity contribution is 5.79. The molecular formula is C19H22N2. The molecule has 0 radical (unpaired) electrons. The minimum absolute atomic E-state index is 0.833. The number of hydrogen-bond acceptors (Lipinski definition) is 1. The van der Waals surface area contributed by atoms with Gasteiger partial charge in [0.25, 0.3) is 0 Å². The topological polar surface area (TPSA) is 17.8 Å². The molecule has 0 aliphatic rings. The Kier molecular flexibility index (Phi) is 4.05. The van der Waals surface area contributed by atoms with Crippen LogP contribution in [0, 0.1) is 6.92 Å². The molecule has 0 fully saturated rings. The molecule has 0 unspecified atom stereocenters. The molecule has 108 valence electrons. The number of hydrogen-bond donors (Lipinski definition) is 0. The number of aromatic nitrogens is 2. The molecule has 2 heteroatoms. The fourth-order valence-corrected chi connectivity index (χ4v) is 2.78. The summed E-state index contributed by atoms with van der Waals surface area (Å²) in [6.07, 6.45) is 5.64. The average Bonchev–Trinajstić information content (AvgIpc) is 2.87. The predicted molar refractivity (Wildman–Crippen MR) is 88.6 cm³/mol. The van der Waals surface area contributed by atoms with E-state index in [0.717, 1.165) is 13.0 Å². The van der Waals surface area contributed by atoms with E-state index < -0.39 is 0 Å². The molecule has 2 nitrogen and oxygen atoms in total. The van der Waals surface area contributed by atoms with Gasteiger partial charge in [0.15, 0.2) is 0 Å². The Morgan fingerprint density at radius 1 is 1.05 bits per heavy atom. The minimum Gasteiger partial charge on any atom is -0.260 e. The summed E-state index contributed by atoms with van der Waals surface area (Å²) >= 11 is 0. The second-order valence-electron chi connectivity index (χ2n) is 5.79. The van der Waals surface area contributed by atoms with Crippen LogP contribution in [0.5, 0.6) is 0 Å². The van der Waals surface area contributed by atoms with Crippen molar-refractivity contribution in [3.63, 3.8) is 0 Å². The van der Waals surface area contributed by atoms with E-state index in [0.29, 0.717) is 0 Å². The fourth-order valence-electron chi connectivity index (χ4n) is 2.78. The first-order valence-electron chi connectivity index (χ1n) is 7.76. The van der Waals surface area contributed by atoms with Crippen molar-refractivity contribution in [2.75, 3.05) is 0 Å². The monoisotopic (exact) mass is 278 g/mol. The summed E-state index contributed by atoms with van der Waals surface area (Å²) in [7, 11) is 0. The predicted octanol–water partition coefficient (Wildman–Crippen LogP) is 4.74. The van der Waals surface area contributed by atoms with Crippen molar-refractivity contribution in [1.29, 1.82) is 0 Å². The molecule has 0 aliphatic heterocycles. The first kappa shape index (κ1) is 13.9. The van der Waals surface area contributed by atoms with Crippen LogP contribution in [-0.2, 0) is 13.0 Å². The van der Waals surface area contributed by atoms with Gasteiger partial charge in [0, 0.05) is 5.39 Å². The third-order valence-electron chi connectivity index (χ3n) is 3.94. The van der Waals surface area contributed by atoms with E-state index in [1.165, 1.54) is 40.4 Å². The highest BCUT2D eigenvalue weighted by atomic mass is 15.3. The maximum absolute atomic E-state index is 4.56. The van der Waals surface area contributed by atoms with Crippen molar-refractivity contribution in [2.24, 2.45) is 0 Å². The van der Waals surface area contributed by atoms with Crippen LogP contribution in [0.2, 0.25) is 0 Å². The van der Waals surface area contributed by atoms with E-state index in [-0.39, 0.29) is 0 Å². The lowest BCUT2D eigenvalue weighted by Crippen LogP contribution is -2.01. The van der Waals surface area contributed by atoms with Gasteiger partial charge in [-0.15, -0.1) is 0 Å². The molecule has 1 heterocycles. The summed E-state index contributed by atoms with van der Waals surface area (Å²) in [5.41, 5.74) is 5.23. The van der Waals surface area contributed by atoms with Crippen LogP contribution in [0.4, 0.5) is 0 Å². The molecule has 0 saturated carbocycles. The SMILES string of the molecule is CCCCc1ccc2c(cnn2Cc2cccc(C)c2)c1. The van der Waals surface area contributed by atoms with E-state index in [1.807, 2.05) is 6.20 Å². The molecule has 0 saturated heterocycles. The second-order valence-corrected chi connectivity index (χ2v) is 5.79. The van der Waals surface area contributed by atoms with Crippen molar-refractivity contribution >= 4 is 10.9 Å². The molecule has 0 N–H and O–H groups in total. The molecule has 0 amide bonds.